The van der Waals surface area contributed by atoms with Crippen LogP contribution in [0.4, 0.5) is 0 Å². The van der Waals surface area contributed by atoms with Gasteiger partial charge in [0.1, 0.15) is 0 Å². The summed E-state index contributed by atoms with van der Waals surface area (Å²) in [5.41, 5.74) is 2.49. The molecular formula is C19H26N2O5. The van der Waals surface area contributed by atoms with Crippen molar-refractivity contribution in [2.24, 2.45) is 5.92 Å². The number of ether oxygens (including phenoxy) is 2. The van der Waals surface area contributed by atoms with Gasteiger partial charge < -0.3 is 18.9 Å². The van der Waals surface area contributed by atoms with Crippen molar-refractivity contribution in [2.45, 2.75) is 45.6 Å². The van der Waals surface area contributed by atoms with Crippen LogP contribution in [0, 0.1) is 19.8 Å². The van der Waals surface area contributed by atoms with Gasteiger partial charge in [-0.2, -0.15) is 0 Å². The monoisotopic (exact) mass is 362 g/mol. The highest BCUT2D eigenvalue weighted by Gasteiger charge is 2.30. The molecule has 1 aromatic heterocycles. The lowest BCUT2D eigenvalue weighted by molar-refractivity contribution is -0.149. The topological polar surface area (TPSA) is 77.8 Å². The lowest BCUT2D eigenvalue weighted by atomic mass is 9.97. The predicted molar refractivity (Wildman–Crippen MR) is 93.8 cm³/mol. The Morgan fingerprint density at radius 2 is 1.77 bits per heavy atom. The summed E-state index contributed by atoms with van der Waals surface area (Å²) in [5, 5.41) is 0. The molecule has 0 unspecified atom stereocenters. The van der Waals surface area contributed by atoms with Crippen LogP contribution in [-0.2, 0) is 19.1 Å². The van der Waals surface area contributed by atoms with Crippen molar-refractivity contribution in [2.75, 3.05) is 26.8 Å². The molecule has 0 radical (unpaired) electrons. The van der Waals surface area contributed by atoms with Crippen LogP contribution in [0.15, 0.2) is 6.07 Å². The minimum atomic E-state index is -0.456. The molecule has 1 saturated heterocycles. The number of methoxy groups -OCH3 is 1. The van der Waals surface area contributed by atoms with E-state index in [4.69, 9.17) is 9.47 Å². The average Bonchev–Trinajstić information content (AvgIpc) is 3.43. The van der Waals surface area contributed by atoms with Gasteiger partial charge in [-0.15, -0.1) is 0 Å². The normalized spacial score (nSPS) is 17.9. The number of carbonyl (C=O) groups is 3. The molecule has 0 aromatic carbocycles. The Balaban J connectivity index is 1.51. The van der Waals surface area contributed by atoms with Crippen LogP contribution in [0.5, 0.6) is 0 Å². The van der Waals surface area contributed by atoms with Crippen molar-refractivity contribution in [3.05, 3.63) is 23.0 Å². The maximum atomic E-state index is 12.4. The summed E-state index contributed by atoms with van der Waals surface area (Å²) in [4.78, 5) is 37.8. The number of carbonyl (C=O) groups excluding carboxylic acids is 3. The minimum absolute atomic E-state index is 0.153. The van der Waals surface area contributed by atoms with Crippen molar-refractivity contribution >= 4 is 17.8 Å². The first-order chi connectivity index (χ1) is 12.4. The van der Waals surface area contributed by atoms with Crippen molar-refractivity contribution < 1.29 is 23.9 Å². The number of esters is 2. The lowest BCUT2D eigenvalue weighted by Crippen LogP contribution is -2.42. The quantitative estimate of drug-likeness (QED) is 0.749. The SMILES string of the molecule is COC(=O)C1CCN(C(=O)COC(=O)c2cc(C)n(C3CC3)c2C)CC1. The molecule has 1 aliphatic carbocycles. The number of hydrogen-bond acceptors (Lipinski definition) is 5. The van der Waals surface area contributed by atoms with Crippen LogP contribution in [0.3, 0.4) is 0 Å². The van der Waals surface area contributed by atoms with Crippen molar-refractivity contribution in [3.63, 3.8) is 0 Å². The number of aromatic nitrogens is 1. The Hall–Kier alpha value is -2.31. The third-order valence-corrected chi connectivity index (χ3v) is 5.33. The van der Waals surface area contributed by atoms with Crippen LogP contribution in [0.25, 0.3) is 0 Å². The third-order valence-electron chi connectivity index (χ3n) is 5.33. The Labute approximate surface area is 153 Å². The highest BCUT2D eigenvalue weighted by atomic mass is 16.5. The summed E-state index contributed by atoms with van der Waals surface area (Å²) in [6.07, 6.45) is 3.44. The molecule has 3 rings (SSSR count). The van der Waals surface area contributed by atoms with Gasteiger partial charge in [0, 0.05) is 30.5 Å². The van der Waals surface area contributed by atoms with Gasteiger partial charge in [0.15, 0.2) is 6.61 Å². The fourth-order valence-electron chi connectivity index (χ4n) is 3.71. The van der Waals surface area contributed by atoms with E-state index in [2.05, 4.69) is 4.57 Å². The van der Waals surface area contributed by atoms with Crippen molar-refractivity contribution in [1.82, 2.24) is 9.47 Å². The molecule has 0 N–H and O–H groups in total. The van der Waals surface area contributed by atoms with Gasteiger partial charge in [-0.25, -0.2) is 4.79 Å². The first-order valence-corrected chi connectivity index (χ1v) is 9.13. The summed E-state index contributed by atoms with van der Waals surface area (Å²) in [7, 11) is 1.37. The zero-order valence-corrected chi connectivity index (χ0v) is 15.6. The maximum Gasteiger partial charge on any atom is 0.340 e. The Morgan fingerprint density at radius 1 is 1.12 bits per heavy atom. The van der Waals surface area contributed by atoms with Crippen LogP contribution in [0.2, 0.25) is 0 Å². The standard InChI is InChI=1S/C19H26N2O5/c1-12-10-16(13(2)21(12)15-4-5-15)19(24)26-11-17(22)20-8-6-14(7-9-20)18(23)25-3/h10,14-15H,4-9,11H2,1-3H3. The van der Waals surface area contributed by atoms with E-state index in [9.17, 15) is 14.4 Å². The number of aryl methyl sites for hydroxylation is 1. The number of rotatable bonds is 5. The zero-order valence-electron chi connectivity index (χ0n) is 15.6. The van der Waals surface area contributed by atoms with Crippen LogP contribution < -0.4 is 0 Å². The summed E-state index contributed by atoms with van der Waals surface area (Å²) >= 11 is 0. The van der Waals surface area contributed by atoms with Gasteiger partial charge in [0.25, 0.3) is 5.91 Å². The fourth-order valence-corrected chi connectivity index (χ4v) is 3.71. The molecule has 1 aromatic rings. The maximum absolute atomic E-state index is 12.4. The van der Waals surface area contributed by atoms with Crippen LogP contribution in [0.1, 0.15) is 53.5 Å². The summed E-state index contributed by atoms with van der Waals surface area (Å²) in [6, 6.07) is 2.33. The second-order valence-corrected chi connectivity index (χ2v) is 7.14. The molecule has 1 saturated carbocycles. The molecule has 2 heterocycles. The van der Waals surface area contributed by atoms with Gasteiger partial charge in [-0.1, -0.05) is 0 Å². The largest absolute Gasteiger partial charge is 0.469 e. The van der Waals surface area contributed by atoms with Gasteiger partial charge >= 0.3 is 11.9 Å². The predicted octanol–water partition coefficient (Wildman–Crippen LogP) is 2.01. The van der Waals surface area contributed by atoms with E-state index in [1.165, 1.54) is 7.11 Å². The number of likely N-dealkylation sites (tertiary alicyclic amines) is 1. The van der Waals surface area contributed by atoms with E-state index in [-0.39, 0.29) is 24.4 Å². The molecule has 2 aliphatic rings. The van der Waals surface area contributed by atoms with Crippen LogP contribution >= 0.6 is 0 Å². The fraction of sp³-hybridized carbons (Fsp3) is 0.632. The van der Waals surface area contributed by atoms with E-state index in [0.29, 0.717) is 37.5 Å². The first-order valence-electron chi connectivity index (χ1n) is 9.13. The highest BCUT2D eigenvalue weighted by molar-refractivity contribution is 5.92. The molecule has 1 aliphatic heterocycles. The van der Waals surface area contributed by atoms with E-state index in [1.54, 1.807) is 4.90 Å². The highest BCUT2D eigenvalue weighted by Crippen LogP contribution is 2.38. The zero-order chi connectivity index (χ0) is 18.8. The molecule has 1 amide bonds. The molecular weight excluding hydrogens is 336 g/mol. The van der Waals surface area contributed by atoms with E-state index in [0.717, 1.165) is 24.2 Å². The molecule has 7 heteroatoms. The molecule has 0 atom stereocenters. The summed E-state index contributed by atoms with van der Waals surface area (Å²) in [5.74, 6) is -1.06. The van der Waals surface area contributed by atoms with E-state index < -0.39 is 5.97 Å². The molecule has 0 spiro atoms. The van der Waals surface area contributed by atoms with Crippen LogP contribution in [-0.4, -0.2) is 54.1 Å². The van der Waals surface area contributed by atoms with Gasteiger partial charge in [-0.05, 0) is 45.6 Å². The number of nitrogens with zero attached hydrogens (tertiary/aromatic N) is 2. The van der Waals surface area contributed by atoms with Gasteiger partial charge in [-0.3, -0.25) is 9.59 Å². The number of hydrogen-bond donors (Lipinski definition) is 0. The minimum Gasteiger partial charge on any atom is -0.469 e. The number of amides is 1. The van der Waals surface area contributed by atoms with E-state index in [1.807, 2.05) is 19.9 Å². The molecule has 7 nitrogen and oxygen atoms in total. The third kappa shape index (κ3) is 3.76. The lowest BCUT2D eigenvalue weighted by Gasteiger charge is -2.30. The molecule has 26 heavy (non-hydrogen) atoms. The second kappa shape index (κ2) is 7.51. The second-order valence-electron chi connectivity index (χ2n) is 7.14. The Bertz CT molecular complexity index is 712. The Kier molecular flexibility index (Phi) is 5.34. The Morgan fingerprint density at radius 3 is 2.35 bits per heavy atom. The molecule has 2 fully saturated rings. The van der Waals surface area contributed by atoms with Gasteiger partial charge in [0.05, 0.1) is 18.6 Å². The van der Waals surface area contributed by atoms with Crippen molar-refractivity contribution in [1.29, 1.82) is 0 Å². The first kappa shape index (κ1) is 18.5. The summed E-state index contributed by atoms with van der Waals surface area (Å²) in [6.45, 7) is 4.59. The summed E-state index contributed by atoms with van der Waals surface area (Å²) < 4.78 is 12.2. The smallest absolute Gasteiger partial charge is 0.340 e. The average molecular weight is 362 g/mol. The molecule has 142 valence electrons. The van der Waals surface area contributed by atoms with Gasteiger partial charge in [0.2, 0.25) is 0 Å². The van der Waals surface area contributed by atoms with Crippen molar-refractivity contribution in [3.8, 4) is 0 Å². The van der Waals surface area contributed by atoms with E-state index >= 15 is 0 Å². The molecule has 0 bridgehead atoms. The number of piperidine rings is 1.